The van der Waals surface area contributed by atoms with Crippen LogP contribution in [0.2, 0.25) is 0 Å². The molecule has 0 aliphatic carbocycles. The molecule has 0 radical (unpaired) electrons. The fourth-order valence-corrected chi connectivity index (χ4v) is 2.00. The maximum absolute atomic E-state index is 11.8. The molecule has 2 N–H and O–H groups in total. The molecular formula is C13H18N2O2. The van der Waals surface area contributed by atoms with Crippen molar-refractivity contribution in [3.05, 3.63) is 24.3 Å². The van der Waals surface area contributed by atoms with E-state index in [4.69, 9.17) is 10.5 Å². The Kier molecular flexibility index (Phi) is 3.98. The Balaban J connectivity index is 2.11. The maximum Gasteiger partial charge on any atom is 0.226 e. The van der Waals surface area contributed by atoms with Crippen molar-refractivity contribution in [3.63, 3.8) is 0 Å². The molecule has 0 unspecified atom stereocenters. The second-order valence-electron chi connectivity index (χ2n) is 4.14. The number of carbonyl (C=O) groups excluding carboxylic acids is 1. The van der Waals surface area contributed by atoms with Crippen molar-refractivity contribution in [2.75, 3.05) is 24.6 Å². The van der Waals surface area contributed by atoms with Crippen molar-refractivity contribution in [2.45, 2.75) is 19.3 Å². The van der Waals surface area contributed by atoms with Gasteiger partial charge < -0.3 is 15.4 Å². The van der Waals surface area contributed by atoms with E-state index in [2.05, 4.69) is 0 Å². The van der Waals surface area contributed by atoms with Crippen LogP contribution in [0.4, 0.5) is 5.69 Å². The predicted molar refractivity (Wildman–Crippen MR) is 67.2 cm³/mol. The van der Waals surface area contributed by atoms with Gasteiger partial charge in [0.15, 0.2) is 0 Å². The minimum atomic E-state index is 0.201. The molecule has 0 spiro atoms. The van der Waals surface area contributed by atoms with Crippen LogP contribution in [0.15, 0.2) is 24.3 Å². The van der Waals surface area contributed by atoms with Crippen LogP contribution in [-0.4, -0.2) is 25.6 Å². The lowest BCUT2D eigenvalue weighted by atomic mass is 10.1. The molecule has 4 heteroatoms. The number of benzene rings is 1. The molecule has 1 aromatic carbocycles. The first-order chi connectivity index (χ1) is 8.31. The fraction of sp³-hybridized carbons (Fsp3) is 0.462. The Morgan fingerprint density at radius 1 is 1.35 bits per heavy atom. The normalized spacial score (nSPS) is 16.1. The molecule has 1 fully saturated rings. The molecule has 0 bridgehead atoms. The number of hydrogen-bond donors (Lipinski definition) is 1. The second kappa shape index (κ2) is 5.68. The number of piperidine rings is 1. The molecule has 0 atom stereocenters. The molecule has 0 aromatic heterocycles. The highest BCUT2D eigenvalue weighted by atomic mass is 16.5. The lowest BCUT2D eigenvalue weighted by Gasteiger charge is -2.27. The van der Waals surface area contributed by atoms with Crippen LogP contribution in [0.3, 0.4) is 0 Å². The molecule has 1 aromatic rings. The topological polar surface area (TPSA) is 55.6 Å². The molecular weight excluding hydrogens is 216 g/mol. The van der Waals surface area contributed by atoms with Gasteiger partial charge in [0, 0.05) is 31.3 Å². The molecule has 1 aliphatic heterocycles. The summed E-state index contributed by atoms with van der Waals surface area (Å²) < 4.78 is 5.46. The third-order valence-corrected chi connectivity index (χ3v) is 2.84. The third kappa shape index (κ3) is 2.97. The third-order valence-electron chi connectivity index (χ3n) is 2.84. The molecule has 4 nitrogen and oxygen atoms in total. The van der Waals surface area contributed by atoms with Gasteiger partial charge in [-0.15, -0.1) is 0 Å². The van der Waals surface area contributed by atoms with E-state index >= 15 is 0 Å². The highest BCUT2D eigenvalue weighted by Crippen LogP contribution is 2.24. The average Bonchev–Trinajstić information content (AvgIpc) is 2.37. The number of carbonyl (C=O) groups is 1. The van der Waals surface area contributed by atoms with E-state index in [-0.39, 0.29) is 5.91 Å². The van der Waals surface area contributed by atoms with Crippen LogP contribution in [0.1, 0.15) is 19.3 Å². The fourth-order valence-electron chi connectivity index (χ4n) is 2.00. The van der Waals surface area contributed by atoms with Crippen LogP contribution in [-0.2, 0) is 4.79 Å². The Bertz CT molecular complexity index is 393. The second-order valence-corrected chi connectivity index (χ2v) is 4.14. The maximum atomic E-state index is 11.8. The van der Waals surface area contributed by atoms with Gasteiger partial charge in [-0.05, 0) is 25.0 Å². The number of rotatable bonds is 4. The highest BCUT2D eigenvalue weighted by molar-refractivity contribution is 5.94. The lowest BCUT2D eigenvalue weighted by molar-refractivity contribution is -0.119. The number of hydrogen-bond acceptors (Lipinski definition) is 3. The van der Waals surface area contributed by atoms with Gasteiger partial charge in [-0.1, -0.05) is 6.07 Å². The largest absolute Gasteiger partial charge is 0.492 e. The first-order valence-electron chi connectivity index (χ1n) is 6.04. The Morgan fingerprint density at radius 2 is 2.24 bits per heavy atom. The summed E-state index contributed by atoms with van der Waals surface area (Å²) in [5, 5.41) is 0. The standard InChI is InChI=1S/C13H18N2O2/c14-7-9-17-12-5-3-4-11(10-12)15-8-2-1-6-13(15)16/h3-5,10H,1-2,6-9,14H2. The molecule has 1 heterocycles. The molecule has 0 saturated carbocycles. The Hall–Kier alpha value is -1.55. The quantitative estimate of drug-likeness (QED) is 0.859. The Morgan fingerprint density at radius 3 is 3.00 bits per heavy atom. The van der Waals surface area contributed by atoms with E-state index in [9.17, 15) is 4.79 Å². The van der Waals surface area contributed by atoms with E-state index in [1.54, 1.807) is 0 Å². The van der Waals surface area contributed by atoms with Crippen molar-refractivity contribution in [2.24, 2.45) is 5.73 Å². The average molecular weight is 234 g/mol. The lowest BCUT2D eigenvalue weighted by Crippen LogP contribution is -2.35. The van der Waals surface area contributed by atoms with Crippen molar-refractivity contribution >= 4 is 11.6 Å². The molecule has 2 rings (SSSR count). The summed E-state index contributed by atoms with van der Waals surface area (Å²) in [5.41, 5.74) is 6.31. The monoisotopic (exact) mass is 234 g/mol. The van der Waals surface area contributed by atoms with Crippen molar-refractivity contribution in [3.8, 4) is 5.75 Å². The Labute approximate surface area is 101 Å². The van der Waals surface area contributed by atoms with Gasteiger partial charge in [0.2, 0.25) is 5.91 Å². The minimum Gasteiger partial charge on any atom is -0.492 e. The predicted octanol–water partition coefficient (Wildman–Crippen LogP) is 1.54. The molecule has 1 amide bonds. The zero-order valence-corrected chi connectivity index (χ0v) is 9.89. The summed E-state index contributed by atoms with van der Waals surface area (Å²) in [4.78, 5) is 13.6. The number of anilines is 1. The van der Waals surface area contributed by atoms with Gasteiger partial charge in [-0.2, -0.15) is 0 Å². The van der Waals surface area contributed by atoms with E-state index in [1.807, 2.05) is 29.2 Å². The van der Waals surface area contributed by atoms with Crippen LogP contribution in [0, 0.1) is 0 Å². The van der Waals surface area contributed by atoms with Gasteiger partial charge >= 0.3 is 0 Å². The first-order valence-corrected chi connectivity index (χ1v) is 6.04. The highest BCUT2D eigenvalue weighted by Gasteiger charge is 2.19. The number of nitrogens with two attached hydrogens (primary N) is 1. The number of ether oxygens (including phenoxy) is 1. The van der Waals surface area contributed by atoms with Crippen LogP contribution in [0.25, 0.3) is 0 Å². The van der Waals surface area contributed by atoms with Crippen molar-refractivity contribution in [1.82, 2.24) is 0 Å². The summed E-state index contributed by atoms with van der Waals surface area (Å²) in [6.07, 6.45) is 2.71. The SMILES string of the molecule is NCCOc1cccc(N2CCCCC2=O)c1. The molecule has 1 aliphatic rings. The van der Waals surface area contributed by atoms with E-state index in [0.29, 0.717) is 19.6 Å². The first kappa shape index (κ1) is 11.9. The van der Waals surface area contributed by atoms with Crippen molar-refractivity contribution in [1.29, 1.82) is 0 Å². The summed E-state index contributed by atoms with van der Waals surface area (Å²) in [5.74, 6) is 0.971. The zero-order chi connectivity index (χ0) is 12.1. The summed E-state index contributed by atoms with van der Waals surface area (Å²) in [6.45, 7) is 1.80. The van der Waals surface area contributed by atoms with Gasteiger partial charge in [-0.25, -0.2) is 0 Å². The van der Waals surface area contributed by atoms with E-state index < -0.39 is 0 Å². The van der Waals surface area contributed by atoms with E-state index in [1.165, 1.54) is 0 Å². The van der Waals surface area contributed by atoms with Gasteiger partial charge in [-0.3, -0.25) is 4.79 Å². The number of nitrogens with zero attached hydrogens (tertiary/aromatic N) is 1. The van der Waals surface area contributed by atoms with Crippen molar-refractivity contribution < 1.29 is 9.53 Å². The molecule has 17 heavy (non-hydrogen) atoms. The van der Waals surface area contributed by atoms with Crippen LogP contribution >= 0.6 is 0 Å². The van der Waals surface area contributed by atoms with E-state index in [0.717, 1.165) is 30.8 Å². The van der Waals surface area contributed by atoms with Crippen LogP contribution in [0.5, 0.6) is 5.75 Å². The summed E-state index contributed by atoms with van der Waals surface area (Å²) >= 11 is 0. The van der Waals surface area contributed by atoms with Crippen LogP contribution < -0.4 is 15.4 Å². The summed E-state index contributed by atoms with van der Waals surface area (Å²) in [7, 11) is 0. The molecule has 1 saturated heterocycles. The minimum absolute atomic E-state index is 0.201. The smallest absolute Gasteiger partial charge is 0.226 e. The zero-order valence-electron chi connectivity index (χ0n) is 9.89. The van der Waals surface area contributed by atoms with Gasteiger partial charge in [0.1, 0.15) is 12.4 Å². The van der Waals surface area contributed by atoms with Gasteiger partial charge in [0.25, 0.3) is 0 Å². The molecule has 92 valence electrons. The van der Waals surface area contributed by atoms with Gasteiger partial charge in [0.05, 0.1) is 0 Å². The number of amides is 1. The summed E-state index contributed by atoms with van der Waals surface area (Å²) in [6, 6.07) is 7.63.